The van der Waals surface area contributed by atoms with Crippen LogP contribution < -0.4 is 5.32 Å². The van der Waals surface area contributed by atoms with Crippen LogP contribution in [-0.2, 0) is 11.3 Å². The third-order valence-electron chi connectivity index (χ3n) is 2.50. The Morgan fingerprint density at radius 3 is 2.67 bits per heavy atom. The molecule has 0 bridgehead atoms. The number of hydrogen-bond acceptors (Lipinski definition) is 4. The summed E-state index contributed by atoms with van der Waals surface area (Å²) in [6.45, 7) is 9.26. The fraction of sp³-hybridized carbons (Fsp3) is 0.692. The van der Waals surface area contributed by atoms with Gasteiger partial charge in [-0.2, -0.15) is 0 Å². The number of carbonyl (C=O) groups is 1. The van der Waals surface area contributed by atoms with Crippen molar-refractivity contribution in [3.8, 4) is 0 Å². The van der Waals surface area contributed by atoms with E-state index in [0.717, 1.165) is 11.5 Å². The number of rotatable bonds is 5. The van der Waals surface area contributed by atoms with Crippen molar-refractivity contribution in [3.05, 3.63) is 17.5 Å². The van der Waals surface area contributed by atoms with Crippen LogP contribution in [0.4, 0.5) is 0 Å². The van der Waals surface area contributed by atoms with Crippen molar-refractivity contribution in [2.75, 3.05) is 13.6 Å². The van der Waals surface area contributed by atoms with Gasteiger partial charge in [0, 0.05) is 31.6 Å². The summed E-state index contributed by atoms with van der Waals surface area (Å²) in [5.74, 6) is 0.868. The largest absolute Gasteiger partial charge is 0.361 e. The van der Waals surface area contributed by atoms with Gasteiger partial charge < -0.3 is 14.7 Å². The van der Waals surface area contributed by atoms with Crippen molar-refractivity contribution in [1.29, 1.82) is 0 Å². The number of nitrogens with zero attached hydrogens (tertiary/aromatic N) is 2. The minimum atomic E-state index is 0.0437. The molecule has 0 aromatic carbocycles. The lowest BCUT2D eigenvalue weighted by Crippen LogP contribution is -2.38. The topological polar surface area (TPSA) is 58.4 Å². The summed E-state index contributed by atoms with van der Waals surface area (Å²) in [5, 5.41) is 7.17. The van der Waals surface area contributed by atoms with Crippen molar-refractivity contribution in [1.82, 2.24) is 15.4 Å². The van der Waals surface area contributed by atoms with Crippen LogP contribution in [0.15, 0.2) is 10.6 Å². The molecule has 0 aliphatic carbocycles. The SMILES string of the molecule is Cc1cc(CN(C)C(=O)CCNC(C)(C)C)no1. The van der Waals surface area contributed by atoms with Crippen LogP contribution in [-0.4, -0.2) is 35.1 Å². The third-order valence-corrected chi connectivity index (χ3v) is 2.50. The van der Waals surface area contributed by atoms with Crippen LogP contribution in [0, 0.1) is 6.92 Å². The van der Waals surface area contributed by atoms with Gasteiger partial charge >= 0.3 is 0 Å². The summed E-state index contributed by atoms with van der Waals surface area (Å²) in [4.78, 5) is 13.5. The highest BCUT2D eigenvalue weighted by molar-refractivity contribution is 5.76. The van der Waals surface area contributed by atoms with Crippen molar-refractivity contribution >= 4 is 5.91 Å². The quantitative estimate of drug-likeness (QED) is 0.868. The van der Waals surface area contributed by atoms with Crippen LogP contribution in [0.5, 0.6) is 0 Å². The molecule has 1 rings (SSSR count). The van der Waals surface area contributed by atoms with E-state index in [9.17, 15) is 4.79 Å². The van der Waals surface area contributed by atoms with Crippen LogP contribution in [0.1, 0.15) is 38.6 Å². The maximum absolute atomic E-state index is 11.9. The predicted molar refractivity (Wildman–Crippen MR) is 70.1 cm³/mol. The molecule has 0 unspecified atom stereocenters. The maximum atomic E-state index is 11.9. The molecular formula is C13H23N3O2. The summed E-state index contributed by atoms with van der Waals surface area (Å²) >= 11 is 0. The molecule has 0 radical (unpaired) electrons. The molecular weight excluding hydrogens is 230 g/mol. The zero-order valence-corrected chi connectivity index (χ0v) is 11.9. The van der Waals surface area contributed by atoms with Crippen LogP contribution in [0.2, 0.25) is 0 Å². The van der Waals surface area contributed by atoms with Gasteiger partial charge in [0.2, 0.25) is 5.91 Å². The molecule has 0 fully saturated rings. The van der Waals surface area contributed by atoms with E-state index >= 15 is 0 Å². The molecule has 102 valence electrons. The van der Waals surface area contributed by atoms with Gasteiger partial charge in [-0.1, -0.05) is 5.16 Å². The van der Waals surface area contributed by atoms with Gasteiger partial charge in [0.05, 0.1) is 6.54 Å². The van der Waals surface area contributed by atoms with Gasteiger partial charge in [0.25, 0.3) is 0 Å². The molecule has 0 saturated carbocycles. The molecule has 5 nitrogen and oxygen atoms in total. The number of hydrogen-bond donors (Lipinski definition) is 1. The van der Waals surface area contributed by atoms with Crippen molar-refractivity contribution < 1.29 is 9.32 Å². The van der Waals surface area contributed by atoms with E-state index in [1.807, 2.05) is 13.0 Å². The number of nitrogens with one attached hydrogen (secondary N) is 1. The molecule has 0 aliphatic rings. The van der Waals surface area contributed by atoms with Crippen LogP contribution >= 0.6 is 0 Å². The Kier molecular flexibility index (Phi) is 4.90. The zero-order chi connectivity index (χ0) is 13.8. The van der Waals surface area contributed by atoms with E-state index in [1.54, 1.807) is 11.9 Å². The third kappa shape index (κ3) is 5.31. The Morgan fingerprint density at radius 1 is 1.50 bits per heavy atom. The van der Waals surface area contributed by atoms with Crippen molar-refractivity contribution in [2.45, 2.75) is 46.2 Å². The van der Waals surface area contributed by atoms with Crippen LogP contribution in [0.25, 0.3) is 0 Å². The van der Waals surface area contributed by atoms with Gasteiger partial charge in [-0.05, 0) is 27.7 Å². The van der Waals surface area contributed by atoms with E-state index in [-0.39, 0.29) is 11.4 Å². The number of aryl methyl sites for hydroxylation is 1. The smallest absolute Gasteiger partial charge is 0.223 e. The predicted octanol–water partition coefficient (Wildman–Crippen LogP) is 1.72. The maximum Gasteiger partial charge on any atom is 0.223 e. The Labute approximate surface area is 109 Å². The molecule has 1 amide bonds. The van der Waals surface area contributed by atoms with Gasteiger partial charge in [0.15, 0.2) is 0 Å². The number of amides is 1. The van der Waals surface area contributed by atoms with Gasteiger partial charge in [-0.25, -0.2) is 0 Å². The number of aromatic nitrogens is 1. The first-order chi connectivity index (χ1) is 8.28. The molecule has 1 aromatic rings. The second-order valence-electron chi connectivity index (χ2n) is 5.61. The molecule has 0 aliphatic heterocycles. The monoisotopic (exact) mass is 253 g/mol. The molecule has 0 saturated heterocycles. The molecule has 1 N–H and O–H groups in total. The highest BCUT2D eigenvalue weighted by Gasteiger charge is 2.13. The van der Waals surface area contributed by atoms with Crippen LogP contribution in [0.3, 0.4) is 0 Å². The Bertz CT molecular complexity index is 393. The summed E-state index contributed by atoms with van der Waals surface area (Å²) in [5.41, 5.74) is 0.828. The number of carbonyl (C=O) groups excluding carboxylic acids is 1. The lowest BCUT2D eigenvalue weighted by Gasteiger charge is -2.21. The average Bonchev–Trinajstić information content (AvgIpc) is 2.61. The first-order valence-corrected chi connectivity index (χ1v) is 6.19. The average molecular weight is 253 g/mol. The minimum Gasteiger partial charge on any atom is -0.361 e. The summed E-state index contributed by atoms with van der Waals surface area (Å²) in [6, 6.07) is 1.84. The first-order valence-electron chi connectivity index (χ1n) is 6.19. The van der Waals surface area contributed by atoms with Gasteiger partial charge in [-0.3, -0.25) is 4.79 Å². The van der Waals surface area contributed by atoms with Crippen molar-refractivity contribution in [2.24, 2.45) is 0 Å². The second kappa shape index (κ2) is 6.00. The van der Waals surface area contributed by atoms with Crippen molar-refractivity contribution in [3.63, 3.8) is 0 Å². The fourth-order valence-corrected chi connectivity index (χ4v) is 1.56. The lowest BCUT2D eigenvalue weighted by molar-refractivity contribution is -0.130. The lowest BCUT2D eigenvalue weighted by atomic mass is 10.1. The molecule has 1 heterocycles. The first kappa shape index (κ1) is 14.7. The molecule has 0 spiro atoms. The molecule has 0 atom stereocenters. The van der Waals surface area contributed by atoms with E-state index in [0.29, 0.717) is 19.5 Å². The van der Waals surface area contributed by atoms with E-state index in [2.05, 4.69) is 31.2 Å². The highest BCUT2D eigenvalue weighted by Crippen LogP contribution is 2.05. The standard InChI is InChI=1S/C13H23N3O2/c1-10-8-11(15-18-10)9-16(5)12(17)6-7-14-13(2,3)4/h8,14H,6-7,9H2,1-5H3. The Morgan fingerprint density at radius 2 is 2.17 bits per heavy atom. The second-order valence-corrected chi connectivity index (χ2v) is 5.61. The molecule has 5 heteroatoms. The minimum absolute atomic E-state index is 0.0437. The molecule has 18 heavy (non-hydrogen) atoms. The summed E-state index contributed by atoms with van der Waals surface area (Å²) in [6.07, 6.45) is 0.491. The zero-order valence-electron chi connectivity index (χ0n) is 11.9. The normalized spacial score (nSPS) is 11.6. The molecule has 1 aromatic heterocycles. The van der Waals surface area contributed by atoms with E-state index in [4.69, 9.17) is 4.52 Å². The summed E-state index contributed by atoms with van der Waals surface area (Å²) in [7, 11) is 1.78. The van der Waals surface area contributed by atoms with Gasteiger partial charge in [0.1, 0.15) is 11.5 Å². The Hall–Kier alpha value is -1.36. The van der Waals surface area contributed by atoms with E-state index in [1.165, 1.54) is 0 Å². The van der Waals surface area contributed by atoms with Gasteiger partial charge in [-0.15, -0.1) is 0 Å². The van der Waals surface area contributed by atoms with E-state index < -0.39 is 0 Å². The fourth-order valence-electron chi connectivity index (χ4n) is 1.56. The highest BCUT2D eigenvalue weighted by atomic mass is 16.5. The Balaban J connectivity index is 2.33. The summed E-state index contributed by atoms with van der Waals surface area (Å²) < 4.78 is 4.97.